The fraction of sp³-hybridized carbons (Fsp3) is 0.222. The van der Waals surface area contributed by atoms with Gasteiger partial charge in [-0.05, 0) is 34.6 Å². The third-order valence-corrected chi connectivity index (χ3v) is 4.13. The molecule has 0 saturated carbocycles. The molecule has 1 aliphatic rings. The van der Waals surface area contributed by atoms with Crippen molar-refractivity contribution in [3.8, 4) is 0 Å². The predicted molar refractivity (Wildman–Crippen MR) is 96.1 cm³/mol. The van der Waals surface area contributed by atoms with Gasteiger partial charge in [0.2, 0.25) is 5.91 Å². The van der Waals surface area contributed by atoms with Crippen molar-refractivity contribution in [2.45, 2.75) is 0 Å². The smallest absolute Gasteiger partial charge is 0.250 e. The number of rotatable bonds is 2. The monoisotopic (exact) mass is 326 g/mol. The molecule has 118 valence electrons. The van der Waals surface area contributed by atoms with Crippen molar-refractivity contribution < 1.29 is 9.53 Å². The lowest BCUT2D eigenvalue weighted by Crippen LogP contribution is -2.47. The topological polar surface area (TPSA) is 41.6 Å². The summed E-state index contributed by atoms with van der Waals surface area (Å²) in [5.74, 6) is -0.213. The molecule has 0 aliphatic carbocycles. The van der Waals surface area contributed by atoms with E-state index in [1.165, 1.54) is 6.08 Å². The lowest BCUT2D eigenvalue weighted by atomic mass is 10.0. The Morgan fingerprint density at radius 2 is 1.87 bits per heavy atom. The maximum absolute atomic E-state index is 12.1. The van der Waals surface area contributed by atoms with Crippen molar-refractivity contribution in [3.63, 3.8) is 0 Å². The Morgan fingerprint density at radius 3 is 2.70 bits per heavy atom. The van der Waals surface area contributed by atoms with Crippen LogP contribution in [0.4, 0.5) is 0 Å². The Bertz CT molecular complexity index is 746. The highest BCUT2D eigenvalue weighted by atomic mass is 32.1. The molecule has 3 rings (SSSR count). The highest BCUT2D eigenvalue weighted by Crippen LogP contribution is 2.19. The molecule has 0 aromatic heterocycles. The molecule has 1 N–H and O–H groups in total. The largest absolute Gasteiger partial charge is 0.378 e. The summed E-state index contributed by atoms with van der Waals surface area (Å²) in [5.41, 5.74) is 1.01. The Hall–Kier alpha value is -2.24. The summed E-state index contributed by atoms with van der Waals surface area (Å²) in [7, 11) is 0. The number of hydrogen-bond donors (Lipinski definition) is 1. The van der Waals surface area contributed by atoms with Crippen LogP contribution in [0.3, 0.4) is 0 Å². The SMILES string of the molecule is O=C(/C=C/c1cccc2ccccc12)NC(=S)N1CCOCC1. The van der Waals surface area contributed by atoms with Gasteiger partial charge in [0.1, 0.15) is 0 Å². The maximum atomic E-state index is 12.1. The number of carbonyl (C=O) groups excluding carboxylic acids is 1. The molecular weight excluding hydrogens is 308 g/mol. The molecule has 0 unspecified atom stereocenters. The van der Waals surface area contributed by atoms with E-state index in [0.29, 0.717) is 31.4 Å². The van der Waals surface area contributed by atoms with E-state index in [9.17, 15) is 4.79 Å². The van der Waals surface area contributed by atoms with E-state index in [4.69, 9.17) is 17.0 Å². The zero-order chi connectivity index (χ0) is 16.1. The summed E-state index contributed by atoms with van der Waals surface area (Å²) < 4.78 is 5.27. The van der Waals surface area contributed by atoms with Crippen molar-refractivity contribution in [3.05, 3.63) is 54.1 Å². The predicted octanol–water partition coefficient (Wildman–Crippen LogP) is 2.59. The number of amides is 1. The Balaban J connectivity index is 1.67. The van der Waals surface area contributed by atoms with Crippen LogP contribution in [0.15, 0.2) is 48.5 Å². The Kier molecular flexibility index (Phi) is 5.00. The van der Waals surface area contributed by atoms with Crippen molar-refractivity contribution in [2.75, 3.05) is 26.3 Å². The first kappa shape index (κ1) is 15.6. The van der Waals surface area contributed by atoms with E-state index < -0.39 is 0 Å². The number of nitrogens with one attached hydrogen (secondary N) is 1. The molecule has 1 aliphatic heterocycles. The first-order valence-corrected chi connectivity index (χ1v) is 7.98. The summed E-state index contributed by atoms with van der Waals surface area (Å²) in [4.78, 5) is 14.0. The average Bonchev–Trinajstić information content (AvgIpc) is 2.60. The van der Waals surface area contributed by atoms with E-state index in [-0.39, 0.29) is 5.91 Å². The van der Waals surface area contributed by atoms with Crippen LogP contribution >= 0.6 is 12.2 Å². The number of ether oxygens (including phenoxy) is 1. The minimum absolute atomic E-state index is 0.213. The highest BCUT2D eigenvalue weighted by molar-refractivity contribution is 7.80. The van der Waals surface area contributed by atoms with E-state index in [2.05, 4.69) is 17.4 Å². The van der Waals surface area contributed by atoms with Gasteiger partial charge in [-0.1, -0.05) is 42.5 Å². The van der Waals surface area contributed by atoms with Gasteiger partial charge in [-0.2, -0.15) is 0 Å². The van der Waals surface area contributed by atoms with E-state index in [1.54, 1.807) is 0 Å². The van der Waals surface area contributed by atoms with E-state index in [0.717, 1.165) is 16.3 Å². The van der Waals surface area contributed by atoms with Gasteiger partial charge in [-0.3, -0.25) is 10.1 Å². The first-order chi connectivity index (χ1) is 11.2. The van der Waals surface area contributed by atoms with Gasteiger partial charge >= 0.3 is 0 Å². The number of thiocarbonyl (C=S) groups is 1. The van der Waals surface area contributed by atoms with Gasteiger partial charge in [0.25, 0.3) is 0 Å². The molecule has 1 heterocycles. The van der Waals surface area contributed by atoms with Crippen LogP contribution in [0.5, 0.6) is 0 Å². The van der Waals surface area contributed by atoms with Crippen LogP contribution in [0.25, 0.3) is 16.8 Å². The normalized spacial score (nSPS) is 15.0. The molecule has 1 saturated heterocycles. The minimum Gasteiger partial charge on any atom is -0.378 e. The molecule has 1 amide bonds. The number of benzene rings is 2. The average molecular weight is 326 g/mol. The van der Waals surface area contributed by atoms with Crippen LogP contribution in [0.2, 0.25) is 0 Å². The molecular formula is C18H18N2O2S. The van der Waals surface area contributed by atoms with Gasteiger partial charge in [-0.15, -0.1) is 0 Å². The second-order valence-corrected chi connectivity index (χ2v) is 5.68. The van der Waals surface area contributed by atoms with Crippen LogP contribution in [0, 0.1) is 0 Å². The van der Waals surface area contributed by atoms with Gasteiger partial charge < -0.3 is 9.64 Å². The van der Waals surface area contributed by atoms with Gasteiger partial charge in [0, 0.05) is 19.2 Å². The van der Waals surface area contributed by atoms with Crippen molar-refractivity contribution >= 4 is 40.1 Å². The van der Waals surface area contributed by atoms with Gasteiger partial charge in [0.05, 0.1) is 13.2 Å². The minimum atomic E-state index is -0.213. The quantitative estimate of drug-likeness (QED) is 0.680. The molecule has 1 fully saturated rings. The van der Waals surface area contributed by atoms with Crippen LogP contribution in [0.1, 0.15) is 5.56 Å². The highest BCUT2D eigenvalue weighted by Gasteiger charge is 2.14. The summed E-state index contributed by atoms with van der Waals surface area (Å²) in [5, 5.41) is 5.48. The number of carbonyl (C=O) groups is 1. The van der Waals surface area contributed by atoms with Crippen LogP contribution in [-0.4, -0.2) is 42.2 Å². The Labute approximate surface area is 140 Å². The maximum Gasteiger partial charge on any atom is 0.250 e. The van der Waals surface area contributed by atoms with E-state index >= 15 is 0 Å². The Morgan fingerprint density at radius 1 is 1.13 bits per heavy atom. The molecule has 2 aromatic carbocycles. The van der Waals surface area contributed by atoms with Crippen LogP contribution < -0.4 is 5.32 Å². The first-order valence-electron chi connectivity index (χ1n) is 7.57. The molecule has 0 atom stereocenters. The zero-order valence-electron chi connectivity index (χ0n) is 12.7. The van der Waals surface area contributed by atoms with Crippen molar-refractivity contribution in [1.82, 2.24) is 10.2 Å². The van der Waals surface area contributed by atoms with Crippen molar-refractivity contribution in [1.29, 1.82) is 0 Å². The summed E-state index contributed by atoms with van der Waals surface area (Å²) in [6, 6.07) is 14.1. The van der Waals surface area contributed by atoms with Crippen LogP contribution in [-0.2, 0) is 9.53 Å². The molecule has 4 nitrogen and oxygen atoms in total. The van der Waals surface area contributed by atoms with Crippen molar-refractivity contribution in [2.24, 2.45) is 0 Å². The summed E-state index contributed by atoms with van der Waals surface area (Å²) in [6.45, 7) is 2.71. The number of fused-ring (bicyclic) bond motifs is 1. The third-order valence-electron chi connectivity index (χ3n) is 3.77. The lowest BCUT2D eigenvalue weighted by molar-refractivity contribution is -0.115. The number of morpholine rings is 1. The van der Waals surface area contributed by atoms with Gasteiger partial charge in [-0.25, -0.2) is 0 Å². The standard InChI is InChI=1S/C18H18N2O2S/c21-17(19-18(23)20-10-12-22-13-11-20)9-8-15-6-3-5-14-4-1-2-7-16(14)15/h1-9H,10-13H2,(H,19,21,23)/b9-8+. The molecule has 23 heavy (non-hydrogen) atoms. The fourth-order valence-corrected chi connectivity index (χ4v) is 2.84. The van der Waals surface area contributed by atoms with E-state index in [1.807, 2.05) is 41.3 Å². The third kappa shape index (κ3) is 3.94. The number of hydrogen-bond acceptors (Lipinski definition) is 3. The zero-order valence-corrected chi connectivity index (χ0v) is 13.5. The molecule has 0 radical (unpaired) electrons. The molecule has 2 aromatic rings. The second-order valence-electron chi connectivity index (χ2n) is 5.30. The fourth-order valence-electron chi connectivity index (χ4n) is 2.55. The lowest BCUT2D eigenvalue weighted by Gasteiger charge is -2.28. The number of nitrogens with zero attached hydrogens (tertiary/aromatic N) is 1. The summed E-state index contributed by atoms with van der Waals surface area (Å²) in [6.07, 6.45) is 3.34. The second kappa shape index (κ2) is 7.35. The van der Waals surface area contributed by atoms with Gasteiger partial charge in [0.15, 0.2) is 5.11 Å². The molecule has 5 heteroatoms. The molecule has 0 bridgehead atoms. The molecule has 0 spiro atoms. The summed E-state index contributed by atoms with van der Waals surface area (Å²) >= 11 is 5.26.